The molecule has 0 amide bonds. The summed E-state index contributed by atoms with van der Waals surface area (Å²) in [5.74, 6) is 0.375. The van der Waals surface area contributed by atoms with E-state index in [0.29, 0.717) is 12.5 Å². The van der Waals surface area contributed by atoms with Crippen molar-refractivity contribution < 1.29 is 9.53 Å². The Morgan fingerprint density at radius 2 is 1.94 bits per heavy atom. The molecular weight excluding hydrogens is 212 g/mol. The number of hydrogen-bond acceptors (Lipinski definition) is 2. The molecule has 2 heteroatoms. The van der Waals surface area contributed by atoms with Crippen LogP contribution in [0.25, 0.3) is 10.8 Å². The summed E-state index contributed by atoms with van der Waals surface area (Å²) in [6, 6.07) is 14.4. The molecule has 0 N–H and O–H groups in total. The molecule has 2 nitrogen and oxygen atoms in total. The Morgan fingerprint density at radius 1 is 1.12 bits per heavy atom. The maximum Gasteiger partial charge on any atom is 0.317 e. The van der Waals surface area contributed by atoms with E-state index in [1.807, 2.05) is 18.2 Å². The van der Waals surface area contributed by atoms with Crippen molar-refractivity contribution in [1.82, 2.24) is 0 Å². The molecule has 1 aliphatic heterocycles. The summed E-state index contributed by atoms with van der Waals surface area (Å²) in [6.45, 7) is 0.599. The normalized spacial score (nSPS) is 30.1. The van der Waals surface area contributed by atoms with Gasteiger partial charge in [0.1, 0.15) is 0 Å². The molecular formula is C15H12O2. The maximum atomic E-state index is 12.0. The molecule has 0 spiro atoms. The lowest BCUT2D eigenvalue weighted by molar-refractivity contribution is -0.142. The highest BCUT2D eigenvalue weighted by molar-refractivity contribution is 5.97. The van der Waals surface area contributed by atoms with Crippen LogP contribution in [0.5, 0.6) is 0 Å². The Kier molecular flexibility index (Phi) is 1.57. The fourth-order valence-corrected chi connectivity index (χ4v) is 3.14. The minimum absolute atomic E-state index is 0.0288. The Balaban J connectivity index is 2.01. The molecule has 0 bridgehead atoms. The Bertz CT molecular complexity index is 626. The highest BCUT2D eigenvalue weighted by atomic mass is 16.5. The van der Waals surface area contributed by atoms with E-state index in [2.05, 4.69) is 24.3 Å². The van der Waals surface area contributed by atoms with Crippen molar-refractivity contribution in [1.29, 1.82) is 0 Å². The zero-order valence-electron chi connectivity index (χ0n) is 9.35. The highest BCUT2D eigenvalue weighted by Gasteiger charge is 2.67. The SMILES string of the molecule is O=C1OCC2C[C@]12c1cccc2ccccc12. The van der Waals surface area contributed by atoms with E-state index in [1.165, 1.54) is 10.8 Å². The van der Waals surface area contributed by atoms with Crippen LogP contribution in [0.1, 0.15) is 12.0 Å². The van der Waals surface area contributed by atoms with Crippen molar-refractivity contribution in [3.63, 3.8) is 0 Å². The summed E-state index contributed by atoms with van der Waals surface area (Å²) in [7, 11) is 0. The van der Waals surface area contributed by atoms with Gasteiger partial charge in [-0.2, -0.15) is 0 Å². The first-order valence-electron chi connectivity index (χ1n) is 5.98. The molecule has 2 aliphatic rings. The number of esters is 1. The molecule has 0 radical (unpaired) electrons. The van der Waals surface area contributed by atoms with Crippen molar-refractivity contribution in [2.24, 2.45) is 5.92 Å². The van der Waals surface area contributed by atoms with Crippen LogP contribution in [0, 0.1) is 5.92 Å². The van der Waals surface area contributed by atoms with Crippen molar-refractivity contribution in [2.45, 2.75) is 11.8 Å². The molecule has 1 heterocycles. The van der Waals surface area contributed by atoms with E-state index < -0.39 is 0 Å². The molecule has 1 aliphatic carbocycles. The fraction of sp³-hybridized carbons (Fsp3) is 0.267. The maximum absolute atomic E-state index is 12.0. The Hall–Kier alpha value is -1.83. The number of rotatable bonds is 1. The minimum Gasteiger partial charge on any atom is -0.465 e. The summed E-state index contributed by atoms with van der Waals surface area (Å²) in [5, 5.41) is 2.39. The van der Waals surface area contributed by atoms with Gasteiger partial charge in [0, 0.05) is 5.92 Å². The van der Waals surface area contributed by atoms with Crippen LogP contribution in [-0.4, -0.2) is 12.6 Å². The second-order valence-electron chi connectivity index (χ2n) is 5.00. The third kappa shape index (κ3) is 1.03. The van der Waals surface area contributed by atoms with Gasteiger partial charge in [0.25, 0.3) is 0 Å². The molecule has 2 aromatic rings. The molecule has 1 saturated heterocycles. The second-order valence-corrected chi connectivity index (χ2v) is 5.00. The van der Waals surface area contributed by atoms with Crippen molar-refractivity contribution >= 4 is 16.7 Å². The summed E-state index contributed by atoms with van der Waals surface area (Å²) < 4.78 is 5.18. The van der Waals surface area contributed by atoms with Crippen LogP contribution < -0.4 is 0 Å². The quantitative estimate of drug-likeness (QED) is 0.696. The van der Waals surface area contributed by atoms with Gasteiger partial charge in [0.2, 0.25) is 0 Å². The van der Waals surface area contributed by atoms with Gasteiger partial charge in [-0.05, 0) is 22.8 Å². The van der Waals surface area contributed by atoms with Crippen molar-refractivity contribution in [3.05, 3.63) is 48.0 Å². The fourth-order valence-electron chi connectivity index (χ4n) is 3.14. The summed E-state index contributed by atoms with van der Waals surface area (Å²) in [6.07, 6.45) is 0.958. The smallest absolute Gasteiger partial charge is 0.317 e. The lowest BCUT2D eigenvalue weighted by Gasteiger charge is -2.12. The minimum atomic E-state index is -0.319. The van der Waals surface area contributed by atoms with Crippen LogP contribution in [0.3, 0.4) is 0 Å². The van der Waals surface area contributed by atoms with Crippen LogP contribution in [0.4, 0.5) is 0 Å². The summed E-state index contributed by atoms with van der Waals surface area (Å²) in [5.41, 5.74) is 0.837. The van der Waals surface area contributed by atoms with E-state index in [-0.39, 0.29) is 11.4 Å². The average molecular weight is 224 g/mol. The van der Waals surface area contributed by atoms with Crippen LogP contribution in [0.15, 0.2) is 42.5 Å². The third-order valence-electron chi connectivity index (χ3n) is 4.16. The molecule has 2 aromatic carbocycles. The standard InChI is InChI=1S/C15H12O2/c16-14-15(8-11(15)9-17-14)13-7-3-5-10-4-1-2-6-12(10)13/h1-7,11H,8-9H2/t11?,15-/m0/s1. The van der Waals surface area contributed by atoms with E-state index >= 15 is 0 Å². The molecule has 84 valence electrons. The second kappa shape index (κ2) is 2.89. The Morgan fingerprint density at radius 3 is 2.71 bits per heavy atom. The van der Waals surface area contributed by atoms with Crippen LogP contribution in [-0.2, 0) is 14.9 Å². The lowest BCUT2D eigenvalue weighted by Crippen LogP contribution is -2.18. The van der Waals surface area contributed by atoms with Crippen LogP contribution >= 0.6 is 0 Å². The summed E-state index contributed by atoms with van der Waals surface area (Å²) in [4.78, 5) is 12.0. The summed E-state index contributed by atoms with van der Waals surface area (Å²) >= 11 is 0. The first kappa shape index (κ1) is 9.23. The highest BCUT2D eigenvalue weighted by Crippen LogP contribution is 2.60. The van der Waals surface area contributed by atoms with Gasteiger partial charge in [-0.1, -0.05) is 42.5 Å². The average Bonchev–Trinajstić information content (AvgIpc) is 3.03. The number of carbonyl (C=O) groups is 1. The van der Waals surface area contributed by atoms with Gasteiger partial charge >= 0.3 is 5.97 Å². The third-order valence-corrected chi connectivity index (χ3v) is 4.16. The van der Waals surface area contributed by atoms with Gasteiger partial charge in [-0.15, -0.1) is 0 Å². The predicted octanol–water partition coefficient (Wildman–Crippen LogP) is 2.65. The Labute approximate surface area is 99.2 Å². The number of cyclic esters (lactones) is 1. The molecule has 0 aromatic heterocycles. The number of carbonyl (C=O) groups excluding carboxylic acids is 1. The van der Waals surface area contributed by atoms with E-state index in [9.17, 15) is 4.79 Å². The zero-order chi connectivity index (χ0) is 11.5. The number of hydrogen-bond donors (Lipinski definition) is 0. The molecule has 2 fully saturated rings. The van der Waals surface area contributed by atoms with Gasteiger partial charge in [-0.3, -0.25) is 4.79 Å². The molecule has 1 saturated carbocycles. The van der Waals surface area contributed by atoms with E-state index in [4.69, 9.17) is 4.74 Å². The van der Waals surface area contributed by atoms with Crippen molar-refractivity contribution in [2.75, 3.05) is 6.61 Å². The van der Waals surface area contributed by atoms with Gasteiger partial charge in [-0.25, -0.2) is 0 Å². The molecule has 2 atom stereocenters. The van der Waals surface area contributed by atoms with Crippen molar-refractivity contribution in [3.8, 4) is 0 Å². The van der Waals surface area contributed by atoms with E-state index in [0.717, 1.165) is 12.0 Å². The first-order chi connectivity index (χ1) is 8.32. The van der Waals surface area contributed by atoms with Crippen LogP contribution in [0.2, 0.25) is 0 Å². The monoisotopic (exact) mass is 224 g/mol. The molecule has 1 unspecified atom stereocenters. The van der Waals surface area contributed by atoms with E-state index in [1.54, 1.807) is 0 Å². The molecule has 4 rings (SSSR count). The number of benzene rings is 2. The van der Waals surface area contributed by atoms with Gasteiger partial charge in [0.05, 0.1) is 12.0 Å². The first-order valence-corrected chi connectivity index (χ1v) is 5.98. The number of fused-ring (bicyclic) bond motifs is 2. The topological polar surface area (TPSA) is 26.3 Å². The zero-order valence-corrected chi connectivity index (χ0v) is 9.35. The predicted molar refractivity (Wildman–Crippen MR) is 64.7 cm³/mol. The lowest BCUT2D eigenvalue weighted by atomic mass is 9.90. The van der Waals surface area contributed by atoms with Gasteiger partial charge < -0.3 is 4.74 Å². The largest absolute Gasteiger partial charge is 0.465 e. The number of ether oxygens (including phenoxy) is 1. The van der Waals surface area contributed by atoms with Gasteiger partial charge in [0.15, 0.2) is 0 Å². The molecule has 17 heavy (non-hydrogen) atoms.